The van der Waals surface area contributed by atoms with Crippen LogP contribution in [-0.2, 0) is 24.7 Å². The lowest BCUT2D eigenvalue weighted by atomic mass is 9.82. The number of aliphatic hydroxyl groups is 1. The number of quaternary nitrogens is 1. The van der Waals surface area contributed by atoms with Gasteiger partial charge in [-0.1, -0.05) is 60.7 Å². The largest absolute Gasteiger partial charge is 1.00 e. The molecule has 3 heterocycles. The van der Waals surface area contributed by atoms with Crippen molar-refractivity contribution >= 4 is 11.9 Å². The first kappa shape index (κ1) is 30.1. The van der Waals surface area contributed by atoms with E-state index in [1.54, 1.807) is 24.3 Å². The number of hydrogen-bond acceptors (Lipinski definition) is 6. The van der Waals surface area contributed by atoms with E-state index in [2.05, 4.69) is 5.32 Å². The minimum Gasteiger partial charge on any atom is -1.00 e. The molecule has 2 aromatic carbocycles. The molecule has 38 heavy (non-hydrogen) atoms. The van der Waals surface area contributed by atoms with E-state index in [1.807, 2.05) is 57.2 Å². The summed E-state index contributed by atoms with van der Waals surface area (Å²) in [5, 5.41) is 15.0. The normalized spacial score (nSPS) is 22.8. The highest BCUT2D eigenvalue weighted by molar-refractivity contribution is 5.85. The number of nitrogens with zero attached hydrogens (tertiary/aromatic N) is 1. The molecule has 3 fully saturated rings. The Balaban J connectivity index is 0.00000400. The predicted molar refractivity (Wildman–Crippen MR) is 142 cm³/mol. The molecular weight excluding hydrogens is 504 g/mol. The van der Waals surface area contributed by atoms with Gasteiger partial charge in [0.1, 0.15) is 12.1 Å². The fourth-order valence-corrected chi connectivity index (χ4v) is 5.76. The number of halogens is 1. The van der Waals surface area contributed by atoms with Crippen LogP contribution in [0.3, 0.4) is 0 Å². The summed E-state index contributed by atoms with van der Waals surface area (Å²) in [7, 11) is 0. The van der Waals surface area contributed by atoms with E-state index >= 15 is 0 Å². The average molecular weight is 545 g/mol. The van der Waals surface area contributed by atoms with Crippen molar-refractivity contribution in [3.8, 4) is 0 Å². The minimum absolute atomic E-state index is 0. The van der Waals surface area contributed by atoms with Gasteiger partial charge in [-0.05, 0) is 31.9 Å². The summed E-state index contributed by atoms with van der Waals surface area (Å²) in [5.41, 5.74) is -1.32. The van der Waals surface area contributed by atoms with E-state index in [9.17, 15) is 14.7 Å². The molecule has 5 rings (SSSR count). The predicted octanol–water partition coefficient (Wildman–Crippen LogP) is 0.400. The van der Waals surface area contributed by atoms with E-state index in [1.165, 1.54) is 0 Å². The Labute approximate surface area is 232 Å². The molecular formula is C30H41ClN2O5. The summed E-state index contributed by atoms with van der Waals surface area (Å²) < 4.78 is 12.4. The smallest absolute Gasteiger partial charge is 0.348 e. The van der Waals surface area contributed by atoms with Gasteiger partial charge in [-0.3, -0.25) is 4.79 Å². The van der Waals surface area contributed by atoms with E-state index in [4.69, 9.17) is 9.47 Å². The van der Waals surface area contributed by atoms with Crippen molar-refractivity contribution in [1.82, 2.24) is 5.32 Å². The molecule has 0 aliphatic carbocycles. The SMILES string of the molecule is CC(C)(C)OC(=O)CNCCC[N+]12CCC(CC1)[C@@H](OC(=O)C(O)(c1ccccc1)c1ccccc1)C2.[Cl-]. The Kier molecular flexibility index (Phi) is 9.98. The van der Waals surface area contributed by atoms with E-state index in [0.717, 1.165) is 56.5 Å². The first-order valence-electron chi connectivity index (χ1n) is 13.4. The highest BCUT2D eigenvalue weighted by Crippen LogP contribution is 2.38. The lowest BCUT2D eigenvalue weighted by Crippen LogP contribution is -3.00. The van der Waals surface area contributed by atoms with E-state index < -0.39 is 17.2 Å². The summed E-state index contributed by atoms with van der Waals surface area (Å²) in [6, 6.07) is 18.1. The van der Waals surface area contributed by atoms with Gasteiger partial charge >= 0.3 is 11.9 Å². The third kappa shape index (κ3) is 7.14. The van der Waals surface area contributed by atoms with Crippen LogP contribution >= 0.6 is 0 Å². The molecule has 1 atom stereocenters. The highest BCUT2D eigenvalue weighted by atomic mass is 35.5. The molecule has 7 nitrogen and oxygen atoms in total. The second kappa shape index (κ2) is 12.6. The number of hydrogen-bond donors (Lipinski definition) is 2. The molecule has 0 spiro atoms. The third-order valence-corrected chi connectivity index (χ3v) is 7.65. The Morgan fingerprint density at radius 1 is 0.974 bits per heavy atom. The van der Waals surface area contributed by atoms with Gasteiger partial charge in [0.15, 0.2) is 6.10 Å². The maximum atomic E-state index is 13.6. The van der Waals surface area contributed by atoms with Crippen molar-refractivity contribution < 1.29 is 41.1 Å². The number of ether oxygens (including phenoxy) is 2. The van der Waals surface area contributed by atoms with Gasteiger partial charge in [0.25, 0.3) is 0 Å². The van der Waals surface area contributed by atoms with Crippen LogP contribution in [0.2, 0.25) is 0 Å². The van der Waals surface area contributed by atoms with Crippen LogP contribution in [0.5, 0.6) is 0 Å². The number of rotatable bonds is 10. The van der Waals surface area contributed by atoms with Gasteiger partial charge in [-0.2, -0.15) is 0 Å². The summed E-state index contributed by atoms with van der Waals surface area (Å²) in [4.78, 5) is 25.6. The van der Waals surface area contributed by atoms with E-state index in [0.29, 0.717) is 17.0 Å². The molecule has 0 radical (unpaired) electrons. The van der Waals surface area contributed by atoms with Crippen LogP contribution in [0.1, 0.15) is 51.2 Å². The van der Waals surface area contributed by atoms with Crippen LogP contribution in [0.25, 0.3) is 0 Å². The van der Waals surface area contributed by atoms with Crippen molar-refractivity contribution in [2.75, 3.05) is 39.3 Å². The molecule has 3 aliphatic rings. The molecule has 0 unspecified atom stereocenters. The van der Waals surface area contributed by atoms with Gasteiger partial charge in [0.2, 0.25) is 5.60 Å². The third-order valence-electron chi connectivity index (χ3n) is 7.65. The lowest BCUT2D eigenvalue weighted by Gasteiger charge is -2.52. The zero-order valence-corrected chi connectivity index (χ0v) is 23.5. The topological polar surface area (TPSA) is 84.9 Å². The highest BCUT2D eigenvalue weighted by Gasteiger charge is 2.50. The number of benzene rings is 2. The van der Waals surface area contributed by atoms with Gasteiger partial charge in [0, 0.05) is 31.7 Å². The molecule has 208 valence electrons. The van der Waals surface area contributed by atoms with Crippen molar-refractivity contribution in [3.05, 3.63) is 71.8 Å². The molecule has 0 amide bonds. The number of nitrogens with one attached hydrogen (secondary N) is 1. The number of esters is 2. The second-order valence-electron chi connectivity index (χ2n) is 11.5. The van der Waals surface area contributed by atoms with Crippen LogP contribution in [0.4, 0.5) is 0 Å². The summed E-state index contributed by atoms with van der Waals surface area (Å²) in [6.07, 6.45) is 2.73. The number of fused-ring (bicyclic) bond motifs is 3. The van der Waals surface area contributed by atoms with Gasteiger partial charge in [-0.15, -0.1) is 0 Å². The van der Waals surface area contributed by atoms with Crippen LogP contribution in [0.15, 0.2) is 60.7 Å². The molecule has 0 saturated carbocycles. The van der Waals surface area contributed by atoms with Gasteiger partial charge in [0.05, 0.1) is 26.2 Å². The Morgan fingerprint density at radius 3 is 2.05 bits per heavy atom. The molecule has 2 aromatic rings. The average Bonchev–Trinajstić information content (AvgIpc) is 2.88. The van der Waals surface area contributed by atoms with Gasteiger partial charge < -0.3 is 36.8 Å². The zero-order valence-electron chi connectivity index (χ0n) is 22.7. The van der Waals surface area contributed by atoms with Crippen molar-refractivity contribution in [1.29, 1.82) is 0 Å². The Hall–Kier alpha value is -2.45. The maximum absolute atomic E-state index is 13.6. The standard InChI is InChI=1S/C30H41N2O5.ClH/c1-29(2,3)37-27(33)21-31-17-10-18-32-19-15-23(16-20-32)26(22-32)36-28(34)30(35,24-11-6-4-7-12-24)25-13-8-5-9-14-25;/h4-9,11-14,23,26,31,35H,10,15-22H2,1-3H3;1H/q+1;/p-1/t23?,26-,32?;/m0./s1. The van der Waals surface area contributed by atoms with Crippen molar-refractivity contribution in [2.24, 2.45) is 5.92 Å². The van der Waals surface area contributed by atoms with E-state index in [-0.39, 0.29) is 31.0 Å². The fourth-order valence-electron chi connectivity index (χ4n) is 5.76. The summed E-state index contributed by atoms with van der Waals surface area (Å²) in [5.74, 6) is -0.527. The summed E-state index contributed by atoms with van der Waals surface area (Å²) in [6.45, 7) is 10.4. The number of carbonyl (C=O) groups is 2. The monoisotopic (exact) mass is 544 g/mol. The first-order valence-corrected chi connectivity index (χ1v) is 13.4. The molecule has 2 bridgehead atoms. The second-order valence-corrected chi connectivity index (χ2v) is 11.5. The van der Waals surface area contributed by atoms with Crippen molar-refractivity contribution in [3.63, 3.8) is 0 Å². The zero-order chi connectivity index (χ0) is 26.5. The minimum atomic E-state index is -1.86. The molecule has 0 aromatic heterocycles. The fraction of sp³-hybridized carbons (Fsp3) is 0.533. The Morgan fingerprint density at radius 2 is 1.53 bits per heavy atom. The molecule has 2 N–H and O–H groups in total. The maximum Gasteiger partial charge on any atom is 0.348 e. The molecule has 8 heteroatoms. The van der Waals surface area contributed by atoms with Crippen molar-refractivity contribution in [2.45, 2.75) is 57.3 Å². The molecule has 3 aliphatic heterocycles. The number of carbonyl (C=O) groups excluding carboxylic acids is 2. The van der Waals surface area contributed by atoms with Gasteiger partial charge in [-0.25, -0.2) is 4.79 Å². The summed E-state index contributed by atoms with van der Waals surface area (Å²) >= 11 is 0. The van der Waals surface area contributed by atoms with Crippen LogP contribution in [0, 0.1) is 5.92 Å². The lowest BCUT2D eigenvalue weighted by molar-refractivity contribution is -0.946. The quantitative estimate of drug-likeness (QED) is 0.256. The van der Waals surface area contributed by atoms with Crippen LogP contribution in [-0.4, -0.2) is 72.5 Å². The number of piperidine rings is 3. The molecule has 3 saturated heterocycles. The van der Waals surface area contributed by atoms with Crippen LogP contribution < -0.4 is 17.7 Å². The first-order chi connectivity index (χ1) is 17.6. The Bertz CT molecular complexity index is 1010.